The number of nitro groups is 1. The van der Waals surface area contributed by atoms with Crippen molar-refractivity contribution in [1.82, 2.24) is 4.57 Å². The molecule has 2 aromatic rings. The molecule has 1 aliphatic rings. The van der Waals surface area contributed by atoms with E-state index in [9.17, 15) is 14.9 Å². The van der Waals surface area contributed by atoms with Gasteiger partial charge in [0.25, 0.3) is 5.91 Å². The topological polar surface area (TPSA) is 86.7 Å². The minimum atomic E-state index is -0.537. The number of aromatic nitrogens is 1. The predicted molar refractivity (Wildman–Crippen MR) is 101 cm³/mol. The number of ether oxygens (including phenoxy) is 1. The molecule has 0 atom stereocenters. The fourth-order valence-corrected chi connectivity index (χ4v) is 3.32. The second-order valence-electron chi connectivity index (χ2n) is 6.53. The van der Waals surface area contributed by atoms with Crippen LogP contribution in [-0.2, 0) is 0 Å². The van der Waals surface area contributed by atoms with Crippen LogP contribution in [0.15, 0.2) is 47.6 Å². The van der Waals surface area contributed by atoms with Crippen molar-refractivity contribution < 1.29 is 14.5 Å². The maximum atomic E-state index is 13.0. The van der Waals surface area contributed by atoms with Crippen LogP contribution in [0.1, 0.15) is 49.4 Å². The van der Waals surface area contributed by atoms with Crippen LogP contribution in [0.4, 0.5) is 5.69 Å². The molecule has 0 amide bonds. The lowest BCUT2D eigenvalue weighted by Gasteiger charge is -2.17. The Hall–Kier alpha value is -2.96. The lowest BCUT2D eigenvalue weighted by atomic mass is 9.96. The molecular weight excluding hydrogens is 346 g/mol. The fourth-order valence-electron chi connectivity index (χ4n) is 3.32. The van der Waals surface area contributed by atoms with E-state index in [0.29, 0.717) is 12.1 Å². The fraction of sp³-hybridized carbons (Fsp3) is 0.400. The van der Waals surface area contributed by atoms with E-state index in [4.69, 9.17) is 9.73 Å². The van der Waals surface area contributed by atoms with Crippen molar-refractivity contribution in [2.45, 2.75) is 45.1 Å². The van der Waals surface area contributed by atoms with Gasteiger partial charge in [-0.2, -0.15) is 0 Å². The first kappa shape index (κ1) is 18.8. The number of hydrogen-bond donors (Lipinski definition) is 0. The third kappa shape index (κ3) is 4.42. The minimum Gasteiger partial charge on any atom is -0.487 e. The average molecular weight is 369 g/mol. The zero-order valence-electron chi connectivity index (χ0n) is 15.3. The maximum Gasteiger partial charge on any atom is 0.311 e. The van der Waals surface area contributed by atoms with Gasteiger partial charge in [0.2, 0.25) is 0 Å². The third-order valence-corrected chi connectivity index (χ3v) is 4.65. The molecule has 0 spiro atoms. The van der Waals surface area contributed by atoms with Crippen LogP contribution in [0.3, 0.4) is 0 Å². The van der Waals surface area contributed by atoms with Gasteiger partial charge >= 0.3 is 5.69 Å². The van der Waals surface area contributed by atoms with Gasteiger partial charge in [-0.1, -0.05) is 25.3 Å². The van der Waals surface area contributed by atoms with E-state index in [1.165, 1.54) is 23.1 Å². The summed E-state index contributed by atoms with van der Waals surface area (Å²) < 4.78 is 6.74. The second-order valence-corrected chi connectivity index (χ2v) is 6.53. The van der Waals surface area contributed by atoms with Gasteiger partial charge in [0.1, 0.15) is 5.49 Å². The Morgan fingerprint density at radius 2 is 2.04 bits per heavy atom. The molecule has 0 N–H and O–H groups in total. The molecule has 142 valence electrons. The number of nitrogens with zero attached hydrogens (tertiary/aromatic N) is 3. The molecule has 0 aliphatic heterocycles. The van der Waals surface area contributed by atoms with Gasteiger partial charge < -0.3 is 4.74 Å². The van der Waals surface area contributed by atoms with Crippen molar-refractivity contribution in [3.8, 4) is 5.75 Å². The molecule has 1 aromatic heterocycles. The number of carbonyl (C=O) groups is 1. The van der Waals surface area contributed by atoms with Crippen LogP contribution in [0, 0.1) is 10.1 Å². The van der Waals surface area contributed by atoms with Gasteiger partial charge in [-0.3, -0.25) is 24.5 Å². The number of pyridine rings is 1. The Kier molecular flexibility index (Phi) is 6.01. The highest BCUT2D eigenvalue weighted by Crippen LogP contribution is 2.28. The van der Waals surface area contributed by atoms with Crippen LogP contribution in [-0.4, -0.2) is 28.0 Å². The zero-order chi connectivity index (χ0) is 19.2. The van der Waals surface area contributed by atoms with Crippen molar-refractivity contribution in [1.29, 1.82) is 0 Å². The van der Waals surface area contributed by atoms with E-state index in [2.05, 4.69) is 0 Å². The highest BCUT2D eigenvalue weighted by Gasteiger charge is 2.20. The summed E-state index contributed by atoms with van der Waals surface area (Å²) in [6, 6.07) is 9.89. The molecule has 1 saturated carbocycles. The Morgan fingerprint density at radius 1 is 1.26 bits per heavy atom. The van der Waals surface area contributed by atoms with Crippen LogP contribution in [0.2, 0.25) is 0 Å². The first-order valence-corrected chi connectivity index (χ1v) is 9.27. The molecular formula is C20H23N3O4. The summed E-state index contributed by atoms with van der Waals surface area (Å²) in [6.45, 7) is 2.06. The van der Waals surface area contributed by atoms with Gasteiger partial charge in [-0.25, -0.2) is 0 Å². The first-order chi connectivity index (χ1) is 13.1. The highest BCUT2D eigenvalue weighted by molar-refractivity contribution is 5.96. The molecule has 1 fully saturated rings. The van der Waals surface area contributed by atoms with Crippen LogP contribution >= 0.6 is 0 Å². The summed E-state index contributed by atoms with van der Waals surface area (Å²) in [7, 11) is 0. The molecule has 0 unspecified atom stereocenters. The van der Waals surface area contributed by atoms with E-state index in [1.807, 2.05) is 6.07 Å². The number of rotatable bonds is 5. The second kappa shape index (κ2) is 8.62. The number of benzene rings is 1. The summed E-state index contributed by atoms with van der Waals surface area (Å²) >= 11 is 0. The van der Waals surface area contributed by atoms with E-state index in [-0.39, 0.29) is 28.9 Å². The van der Waals surface area contributed by atoms with Crippen molar-refractivity contribution in [3.05, 3.63) is 63.8 Å². The van der Waals surface area contributed by atoms with Crippen molar-refractivity contribution in [2.75, 3.05) is 6.61 Å². The molecule has 0 saturated heterocycles. The number of hydrogen-bond acceptors (Lipinski definition) is 5. The van der Waals surface area contributed by atoms with Crippen molar-refractivity contribution in [2.24, 2.45) is 4.99 Å². The largest absolute Gasteiger partial charge is 0.487 e. The Labute approximate surface area is 157 Å². The highest BCUT2D eigenvalue weighted by atomic mass is 16.6. The maximum absolute atomic E-state index is 13.0. The average Bonchev–Trinajstić information content (AvgIpc) is 2.69. The Morgan fingerprint density at radius 3 is 2.74 bits per heavy atom. The molecule has 0 radical (unpaired) electrons. The molecule has 1 aromatic carbocycles. The Bertz CT molecular complexity index is 898. The molecule has 1 aliphatic carbocycles. The predicted octanol–water partition coefficient (Wildman–Crippen LogP) is 3.72. The number of carbonyl (C=O) groups excluding carboxylic acids is 1. The Balaban J connectivity index is 1.98. The van der Waals surface area contributed by atoms with Gasteiger partial charge in [0.15, 0.2) is 5.75 Å². The lowest BCUT2D eigenvalue weighted by molar-refractivity contribution is -0.385. The number of nitro benzene ring substituents is 1. The summed E-state index contributed by atoms with van der Waals surface area (Å²) in [5.41, 5.74) is 0.581. The van der Waals surface area contributed by atoms with Gasteiger partial charge in [0, 0.05) is 17.8 Å². The normalized spacial score (nSPS) is 15.5. The van der Waals surface area contributed by atoms with E-state index in [0.717, 1.165) is 25.7 Å². The first-order valence-electron chi connectivity index (χ1n) is 9.27. The van der Waals surface area contributed by atoms with Gasteiger partial charge in [-0.15, -0.1) is 0 Å². The van der Waals surface area contributed by atoms with Gasteiger partial charge in [0.05, 0.1) is 17.6 Å². The van der Waals surface area contributed by atoms with E-state index in [1.54, 1.807) is 31.3 Å². The minimum absolute atomic E-state index is 0.157. The molecule has 3 rings (SSSR count). The molecule has 27 heavy (non-hydrogen) atoms. The van der Waals surface area contributed by atoms with Crippen molar-refractivity contribution >= 4 is 11.6 Å². The smallest absolute Gasteiger partial charge is 0.311 e. The summed E-state index contributed by atoms with van der Waals surface area (Å²) in [6.07, 6.45) is 7.23. The van der Waals surface area contributed by atoms with E-state index < -0.39 is 4.92 Å². The zero-order valence-corrected chi connectivity index (χ0v) is 15.3. The standard InChI is InChI=1S/C20H23N3O4/c1-2-27-18-12-11-15(14-17(18)23(25)26)20(24)22-13-7-6-10-19(22)21-16-8-4-3-5-9-16/h6-7,10-14,16H,2-5,8-9H2,1H3. The molecule has 7 heteroatoms. The van der Waals surface area contributed by atoms with Crippen LogP contribution in [0.25, 0.3) is 0 Å². The van der Waals surface area contributed by atoms with Crippen LogP contribution < -0.4 is 10.2 Å². The molecule has 1 heterocycles. The summed E-state index contributed by atoms with van der Waals surface area (Å²) in [5.74, 6) is -0.194. The summed E-state index contributed by atoms with van der Waals surface area (Å²) in [4.78, 5) is 28.5. The quantitative estimate of drug-likeness (QED) is 0.594. The SMILES string of the molecule is CCOc1ccc(C(=O)n2ccccc2=NC2CCCCC2)cc1[N+](=O)[O-]. The molecule has 0 bridgehead atoms. The third-order valence-electron chi connectivity index (χ3n) is 4.65. The molecule has 7 nitrogen and oxygen atoms in total. The summed E-state index contributed by atoms with van der Waals surface area (Å²) in [5, 5.41) is 11.3. The van der Waals surface area contributed by atoms with Gasteiger partial charge in [-0.05, 0) is 44.0 Å². The van der Waals surface area contributed by atoms with Crippen LogP contribution in [0.5, 0.6) is 5.75 Å². The van der Waals surface area contributed by atoms with E-state index >= 15 is 0 Å². The monoisotopic (exact) mass is 369 g/mol. The van der Waals surface area contributed by atoms with Crippen molar-refractivity contribution in [3.63, 3.8) is 0 Å². The lowest BCUT2D eigenvalue weighted by Crippen LogP contribution is -2.29.